The van der Waals surface area contributed by atoms with Crippen LogP contribution < -0.4 is 15.8 Å². The number of nitrogens with one attached hydrogen (secondary N) is 1. The summed E-state index contributed by atoms with van der Waals surface area (Å²) >= 11 is 0. The second-order valence-corrected chi connectivity index (χ2v) is 10.6. The lowest BCUT2D eigenvalue weighted by atomic mass is 9.72. The quantitative estimate of drug-likeness (QED) is 0.331. The standard InChI is InChI=1S/C30H36F2N4O3/c1-17(2)19-12-20(14-21(33)13-19)23-7-8-34-16-27(23)36-30(37)26-6-5-24(31)29(35-26)28-18(3)11-22(15-25(28)32)39-10-9-38-4/h5-8,11,15-17,19-21H,9-10,12-14,33H2,1-4H3,(H,36,37). The number of rotatable bonds is 9. The topological polar surface area (TPSA) is 99.4 Å². The van der Waals surface area contributed by atoms with Crippen molar-refractivity contribution in [2.75, 3.05) is 25.6 Å². The zero-order valence-corrected chi connectivity index (χ0v) is 22.8. The Morgan fingerprint density at radius 1 is 1.13 bits per heavy atom. The summed E-state index contributed by atoms with van der Waals surface area (Å²) in [4.78, 5) is 21.7. The molecule has 1 aliphatic rings. The first-order valence-corrected chi connectivity index (χ1v) is 13.3. The molecule has 3 unspecified atom stereocenters. The molecule has 208 valence electrons. The van der Waals surface area contributed by atoms with Crippen molar-refractivity contribution in [2.24, 2.45) is 17.6 Å². The van der Waals surface area contributed by atoms with E-state index in [0.29, 0.717) is 35.4 Å². The molecule has 3 atom stereocenters. The molecular formula is C30H36F2N4O3. The summed E-state index contributed by atoms with van der Waals surface area (Å²) in [6, 6.07) is 7.18. The molecule has 1 amide bonds. The van der Waals surface area contributed by atoms with Gasteiger partial charge in [0.25, 0.3) is 5.91 Å². The van der Waals surface area contributed by atoms with Gasteiger partial charge in [0, 0.05) is 31.0 Å². The number of hydrogen-bond acceptors (Lipinski definition) is 6. The van der Waals surface area contributed by atoms with Crippen LogP contribution in [0.1, 0.15) is 60.6 Å². The summed E-state index contributed by atoms with van der Waals surface area (Å²) in [5, 5.41) is 2.90. The lowest BCUT2D eigenvalue weighted by Gasteiger charge is -2.36. The third-order valence-electron chi connectivity index (χ3n) is 7.40. The average Bonchev–Trinajstić information content (AvgIpc) is 2.89. The Morgan fingerprint density at radius 3 is 2.64 bits per heavy atom. The molecule has 1 aromatic carbocycles. The normalized spacial score (nSPS) is 19.2. The number of halogens is 2. The van der Waals surface area contributed by atoms with Crippen LogP contribution in [0.4, 0.5) is 14.5 Å². The molecule has 0 bridgehead atoms. The number of aromatic nitrogens is 2. The van der Waals surface area contributed by atoms with Crippen LogP contribution in [-0.4, -0.2) is 42.2 Å². The van der Waals surface area contributed by atoms with E-state index < -0.39 is 17.5 Å². The number of ether oxygens (including phenoxy) is 2. The largest absolute Gasteiger partial charge is 0.491 e. The monoisotopic (exact) mass is 538 g/mol. The number of anilines is 1. The Hall–Kier alpha value is -3.43. The van der Waals surface area contributed by atoms with Gasteiger partial charge in [-0.2, -0.15) is 0 Å². The first kappa shape index (κ1) is 28.6. The zero-order valence-electron chi connectivity index (χ0n) is 22.8. The molecule has 2 aromatic heterocycles. The van der Waals surface area contributed by atoms with Gasteiger partial charge in [-0.1, -0.05) is 13.8 Å². The predicted octanol–water partition coefficient (Wildman–Crippen LogP) is 5.87. The molecule has 1 saturated carbocycles. The molecule has 0 saturated heterocycles. The Kier molecular flexibility index (Phi) is 9.24. The number of aryl methyl sites for hydroxylation is 1. The zero-order chi connectivity index (χ0) is 28.1. The first-order valence-electron chi connectivity index (χ1n) is 13.3. The van der Waals surface area contributed by atoms with Crippen molar-refractivity contribution < 1.29 is 23.0 Å². The van der Waals surface area contributed by atoms with Gasteiger partial charge in [-0.15, -0.1) is 0 Å². The van der Waals surface area contributed by atoms with Crippen LogP contribution in [0.25, 0.3) is 11.3 Å². The smallest absolute Gasteiger partial charge is 0.274 e. The van der Waals surface area contributed by atoms with Crippen LogP contribution in [0.15, 0.2) is 42.7 Å². The molecule has 39 heavy (non-hydrogen) atoms. The van der Waals surface area contributed by atoms with Gasteiger partial charge in [0.05, 0.1) is 18.5 Å². The first-order chi connectivity index (χ1) is 18.7. The molecule has 3 aromatic rings. The minimum atomic E-state index is -0.736. The van der Waals surface area contributed by atoms with Crippen LogP contribution in [-0.2, 0) is 4.74 Å². The fraction of sp³-hybridized carbons (Fsp3) is 0.433. The molecule has 4 rings (SSSR count). The summed E-state index contributed by atoms with van der Waals surface area (Å²) < 4.78 is 40.4. The highest BCUT2D eigenvalue weighted by atomic mass is 19.1. The Balaban J connectivity index is 1.59. The summed E-state index contributed by atoms with van der Waals surface area (Å²) in [7, 11) is 1.54. The maximum absolute atomic E-state index is 15.1. The van der Waals surface area contributed by atoms with Crippen LogP contribution in [0.2, 0.25) is 0 Å². The van der Waals surface area contributed by atoms with Gasteiger partial charge in [0.15, 0.2) is 0 Å². The minimum Gasteiger partial charge on any atom is -0.491 e. The number of carbonyl (C=O) groups excluding carboxylic acids is 1. The summed E-state index contributed by atoms with van der Waals surface area (Å²) in [6.07, 6.45) is 6.09. The molecule has 2 heterocycles. The van der Waals surface area contributed by atoms with Crippen molar-refractivity contribution in [3.8, 4) is 17.0 Å². The Morgan fingerprint density at radius 2 is 1.92 bits per heavy atom. The molecule has 1 fully saturated rings. The van der Waals surface area contributed by atoms with Crippen molar-refractivity contribution in [2.45, 2.75) is 52.0 Å². The number of benzene rings is 1. The van der Waals surface area contributed by atoms with Crippen molar-refractivity contribution in [1.29, 1.82) is 0 Å². The van der Waals surface area contributed by atoms with E-state index in [2.05, 4.69) is 29.1 Å². The van der Waals surface area contributed by atoms with Crippen LogP contribution in [0.3, 0.4) is 0 Å². The fourth-order valence-electron chi connectivity index (χ4n) is 5.34. The van der Waals surface area contributed by atoms with E-state index in [4.69, 9.17) is 15.2 Å². The highest BCUT2D eigenvalue weighted by Gasteiger charge is 2.31. The minimum absolute atomic E-state index is 0.0285. The van der Waals surface area contributed by atoms with E-state index in [9.17, 15) is 9.18 Å². The van der Waals surface area contributed by atoms with Crippen molar-refractivity contribution in [3.63, 3.8) is 0 Å². The lowest BCUT2D eigenvalue weighted by molar-refractivity contribution is 0.102. The lowest BCUT2D eigenvalue weighted by Crippen LogP contribution is -2.34. The SMILES string of the molecule is COCCOc1cc(C)c(-c2nc(C(=O)Nc3cnccc3C3CC(N)CC(C(C)C)C3)ccc2F)c(F)c1. The van der Waals surface area contributed by atoms with E-state index in [1.807, 2.05) is 6.07 Å². The maximum Gasteiger partial charge on any atom is 0.274 e. The van der Waals surface area contributed by atoms with E-state index >= 15 is 4.39 Å². The summed E-state index contributed by atoms with van der Waals surface area (Å²) in [5.74, 6) is -0.497. The molecule has 3 N–H and O–H groups in total. The van der Waals surface area contributed by atoms with Gasteiger partial charge in [0.2, 0.25) is 0 Å². The molecular weight excluding hydrogens is 502 g/mol. The van der Waals surface area contributed by atoms with Crippen molar-refractivity contribution in [1.82, 2.24) is 9.97 Å². The van der Waals surface area contributed by atoms with Crippen LogP contribution >= 0.6 is 0 Å². The third kappa shape index (κ3) is 6.78. The molecule has 0 aliphatic heterocycles. The Labute approximate surface area is 228 Å². The highest BCUT2D eigenvalue weighted by Crippen LogP contribution is 2.41. The van der Waals surface area contributed by atoms with Gasteiger partial charge in [-0.05, 0) is 79.3 Å². The second kappa shape index (κ2) is 12.6. The molecule has 7 nitrogen and oxygen atoms in total. The van der Waals surface area contributed by atoms with Gasteiger partial charge >= 0.3 is 0 Å². The number of hydrogen-bond donors (Lipinski definition) is 2. The number of amides is 1. The van der Waals surface area contributed by atoms with Gasteiger partial charge < -0.3 is 20.5 Å². The molecule has 1 aliphatic carbocycles. The number of pyridine rings is 2. The van der Waals surface area contributed by atoms with Gasteiger partial charge in [-0.3, -0.25) is 9.78 Å². The van der Waals surface area contributed by atoms with Gasteiger partial charge in [0.1, 0.15) is 35.4 Å². The molecule has 0 radical (unpaired) electrons. The molecule has 9 heteroatoms. The van der Waals surface area contributed by atoms with E-state index in [1.165, 1.54) is 12.1 Å². The van der Waals surface area contributed by atoms with Crippen LogP contribution in [0.5, 0.6) is 5.75 Å². The summed E-state index contributed by atoms with van der Waals surface area (Å²) in [5.41, 5.74) is 8.03. The average molecular weight is 539 g/mol. The van der Waals surface area contributed by atoms with Crippen molar-refractivity contribution in [3.05, 3.63) is 71.2 Å². The predicted molar refractivity (Wildman–Crippen MR) is 147 cm³/mol. The van der Waals surface area contributed by atoms with E-state index in [1.54, 1.807) is 32.5 Å². The highest BCUT2D eigenvalue weighted by molar-refractivity contribution is 6.03. The Bertz CT molecular complexity index is 1290. The van der Waals surface area contributed by atoms with Crippen molar-refractivity contribution >= 4 is 11.6 Å². The summed E-state index contributed by atoms with van der Waals surface area (Å²) in [6.45, 7) is 6.65. The van der Waals surface area contributed by atoms with E-state index in [-0.39, 0.29) is 35.5 Å². The number of carbonyl (C=O) groups is 1. The van der Waals surface area contributed by atoms with E-state index in [0.717, 1.165) is 30.9 Å². The maximum atomic E-state index is 15.1. The molecule has 0 spiro atoms. The fourth-order valence-corrected chi connectivity index (χ4v) is 5.34. The second-order valence-electron chi connectivity index (χ2n) is 10.6. The van der Waals surface area contributed by atoms with Gasteiger partial charge in [-0.25, -0.2) is 13.8 Å². The number of nitrogens with zero attached hydrogens (tertiary/aromatic N) is 2. The number of nitrogens with two attached hydrogens (primary N) is 1. The third-order valence-corrected chi connectivity index (χ3v) is 7.40. The number of methoxy groups -OCH3 is 1. The van der Waals surface area contributed by atoms with Crippen LogP contribution in [0, 0.1) is 30.4 Å².